The normalized spacial score (nSPS) is 11.8. The van der Waals surface area contributed by atoms with Gasteiger partial charge in [-0.25, -0.2) is 4.79 Å². The molecule has 0 aliphatic carbocycles. The number of esters is 1. The van der Waals surface area contributed by atoms with Crippen molar-refractivity contribution in [3.63, 3.8) is 0 Å². The molecule has 1 unspecified atom stereocenters. The van der Waals surface area contributed by atoms with E-state index in [4.69, 9.17) is 4.74 Å². The number of nitrogens with one attached hydrogen (secondary N) is 1. The van der Waals surface area contributed by atoms with Gasteiger partial charge >= 0.3 is 5.97 Å². The van der Waals surface area contributed by atoms with E-state index in [1.165, 1.54) is 0 Å². The maximum Gasteiger partial charge on any atom is 0.338 e. The van der Waals surface area contributed by atoms with Crippen LogP contribution in [0.25, 0.3) is 0 Å². The van der Waals surface area contributed by atoms with Crippen molar-refractivity contribution in [2.24, 2.45) is 0 Å². The standard InChI is InChI=1S/C14H19NO3/c1-5-15-13(16)11(4)18-14(17)12-7-9(2)6-10(3)8-12/h6-8,11H,5H2,1-4H3,(H,15,16). The molecule has 1 amide bonds. The lowest BCUT2D eigenvalue weighted by atomic mass is 10.1. The molecule has 1 aromatic carbocycles. The fraction of sp³-hybridized carbons (Fsp3) is 0.429. The summed E-state index contributed by atoms with van der Waals surface area (Å²) >= 11 is 0. The van der Waals surface area contributed by atoms with Crippen molar-refractivity contribution in [1.29, 1.82) is 0 Å². The van der Waals surface area contributed by atoms with E-state index in [0.717, 1.165) is 11.1 Å². The number of ether oxygens (including phenoxy) is 1. The Morgan fingerprint density at radius 3 is 2.28 bits per heavy atom. The number of hydrogen-bond acceptors (Lipinski definition) is 3. The number of aryl methyl sites for hydroxylation is 2. The van der Waals surface area contributed by atoms with Gasteiger partial charge in [0.05, 0.1) is 5.56 Å². The molecule has 0 spiro atoms. The minimum Gasteiger partial charge on any atom is -0.449 e. The van der Waals surface area contributed by atoms with Crippen molar-refractivity contribution in [1.82, 2.24) is 5.32 Å². The topological polar surface area (TPSA) is 55.4 Å². The lowest BCUT2D eigenvalue weighted by Crippen LogP contribution is -2.35. The van der Waals surface area contributed by atoms with E-state index in [1.807, 2.05) is 26.8 Å². The SMILES string of the molecule is CCNC(=O)C(C)OC(=O)c1cc(C)cc(C)c1. The highest BCUT2D eigenvalue weighted by Gasteiger charge is 2.18. The summed E-state index contributed by atoms with van der Waals surface area (Å²) in [6.07, 6.45) is -0.779. The molecule has 0 aliphatic heterocycles. The fourth-order valence-corrected chi connectivity index (χ4v) is 1.69. The van der Waals surface area contributed by atoms with E-state index < -0.39 is 12.1 Å². The third kappa shape index (κ3) is 3.87. The van der Waals surface area contributed by atoms with Crippen LogP contribution in [0.1, 0.15) is 35.3 Å². The van der Waals surface area contributed by atoms with E-state index in [-0.39, 0.29) is 5.91 Å². The van der Waals surface area contributed by atoms with Gasteiger partial charge in [-0.1, -0.05) is 17.2 Å². The first kappa shape index (κ1) is 14.2. The van der Waals surface area contributed by atoms with Crippen molar-refractivity contribution in [3.8, 4) is 0 Å². The molecule has 0 radical (unpaired) electrons. The number of likely N-dealkylation sites (N-methyl/N-ethyl adjacent to an activating group) is 1. The molecule has 0 saturated carbocycles. The second-order valence-corrected chi connectivity index (χ2v) is 4.32. The molecule has 0 aliphatic rings. The van der Waals surface area contributed by atoms with Crippen LogP contribution in [-0.4, -0.2) is 24.5 Å². The summed E-state index contributed by atoms with van der Waals surface area (Å²) in [4.78, 5) is 23.3. The van der Waals surface area contributed by atoms with Gasteiger partial charge in [0.25, 0.3) is 5.91 Å². The highest BCUT2D eigenvalue weighted by atomic mass is 16.5. The quantitative estimate of drug-likeness (QED) is 0.830. The van der Waals surface area contributed by atoms with Crippen LogP contribution in [0.2, 0.25) is 0 Å². The van der Waals surface area contributed by atoms with E-state index in [9.17, 15) is 9.59 Å². The molecule has 1 atom stereocenters. The average molecular weight is 249 g/mol. The molecule has 0 heterocycles. The van der Waals surface area contributed by atoms with Gasteiger partial charge in [-0.2, -0.15) is 0 Å². The molecule has 0 aromatic heterocycles. The monoisotopic (exact) mass is 249 g/mol. The highest BCUT2D eigenvalue weighted by Crippen LogP contribution is 2.11. The van der Waals surface area contributed by atoms with Crippen molar-refractivity contribution >= 4 is 11.9 Å². The lowest BCUT2D eigenvalue weighted by Gasteiger charge is -2.13. The predicted octanol–water partition coefficient (Wildman–Crippen LogP) is 1.98. The highest BCUT2D eigenvalue weighted by molar-refractivity contribution is 5.92. The third-order valence-corrected chi connectivity index (χ3v) is 2.46. The summed E-state index contributed by atoms with van der Waals surface area (Å²) in [5, 5.41) is 2.61. The van der Waals surface area contributed by atoms with Crippen LogP contribution in [0.15, 0.2) is 18.2 Å². The van der Waals surface area contributed by atoms with Gasteiger partial charge in [0.2, 0.25) is 0 Å². The third-order valence-electron chi connectivity index (χ3n) is 2.46. The second kappa shape index (κ2) is 6.19. The van der Waals surface area contributed by atoms with Gasteiger partial charge < -0.3 is 10.1 Å². The Hall–Kier alpha value is -1.84. The number of amides is 1. The van der Waals surface area contributed by atoms with Crippen molar-refractivity contribution < 1.29 is 14.3 Å². The minimum absolute atomic E-state index is 0.282. The molecule has 1 aromatic rings. The Labute approximate surface area is 107 Å². The van der Waals surface area contributed by atoms with Crippen molar-refractivity contribution in [3.05, 3.63) is 34.9 Å². The van der Waals surface area contributed by atoms with E-state index in [0.29, 0.717) is 12.1 Å². The molecule has 0 fully saturated rings. The molecule has 4 heteroatoms. The lowest BCUT2D eigenvalue weighted by molar-refractivity contribution is -0.128. The van der Waals surface area contributed by atoms with E-state index >= 15 is 0 Å². The van der Waals surface area contributed by atoms with Crippen molar-refractivity contribution in [2.45, 2.75) is 33.8 Å². The minimum atomic E-state index is -0.779. The summed E-state index contributed by atoms with van der Waals surface area (Å²) in [7, 11) is 0. The van der Waals surface area contributed by atoms with Gasteiger partial charge in [-0.15, -0.1) is 0 Å². The van der Waals surface area contributed by atoms with Gasteiger partial charge in [0, 0.05) is 6.54 Å². The number of carbonyl (C=O) groups is 2. The first-order valence-electron chi connectivity index (χ1n) is 6.01. The first-order valence-corrected chi connectivity index (χ1v) is 6.01. The zero-order valence-electron chi connectivity index (χ0n) is 11.2. The second-order valence-electron chi connectivity index (χ2n) is 4.32. The summed E-state index contributed by atoms with van der Waals surface area (Å²) in [5.41, 5.74) is 2.46. The number of rotatable bonds is 4. The van der Waals surface area contributed by atoms with Gasteiger partial charge in [0.15, 0.2) is 6.10 Å². The fourth-order valence-electron chi connectivity index (χ4n) is 1.69. The summed E-state index contributed by atoms with van der Waals surface area (Å²) < 4.78 is 5.11. The van der Waals surface area contributed by atoms with Gasteiger partial charge in [-0.05, 0) is 39.8 Å². The smallest absolute Gasteiger partial charge is 0.338 e. The summed E-state index contributed by atoms with van der Waals surface area (Å²) in [6.45, 7) is 7.72. The zero-order chi connectivity index (χ0) is 13.7. The van der Waals surface area contributed by atoms with Gasteiger partial charge in [-0.3, -0.25) is 4.79 Å². The molecule has 4 nitrogen and oxygen atoms in total. The maximum absolute atomic E-state index is 11.9. The van der Waals surface area contributed by atoms with Crippen LogP contribution in [0, 0.1) is 13.8 Å². The molecule has 1 N–H and O–H groups in total. The van der Waals surface area contributed by atoms with Crippen molar-refractivity contribution in [2.75, 3.05) is 6.54 Å². The van der Waals surface area contributed by atoms with Crippen LogP contribution >= 0.6 is 0 Å². The Bertz CT molecular complexity index is 434. The van der Waals surface area contributed by atoms with E-state index in [1.54, 1.807) is 19.1 Å². The zero-order valence-corrected chi connectivity index (χ0v) is 11.2. The van der Waals surface area contributed by atoms with E-state index in [2.05, 4.69) is 5.32 Å². The summed E-state index contributed by atoms with van der Waals surface area (Å²) in [5.74, 6) is -0.754. The number of benzene rings is 1. The largest absolute Gasteiger partial charge is 0.449 e. The maximum atomic E-state index is 11.9. The molecule has 0 saturated heterocycles. The van der Waals surface area contributed by atoms with Crippen LogP contribution < -0.4 is 5.32 Å². The Morgan fingerprint density at radius 1 is 1.22 bits per heavy atom. The molecule has 1 rings (SSSR count). The molecular formula is C14H19NO3. The molecule has 18 heavy (non-hydrogen) atoms. The van der Waals surface area contributed by atoms with Crippen LogP contribution in [0.5, 0.6) is 0 Å². The number of hydrogen-bond donors (Lipinski definition) is 1. The van der Waals surface area contributed by atoms with Gasteiger partial charge in [0.1, 0.15) is 0 Å². The first-order chi connectivity index (χ1) is 8.43. The average Bonchev–Trinajstić information content (AvgIpc) is 2.27. The molecular weight excluding hydrogens is 230 g/mol. The predicted molar refractivity (Wildman–Crippen MR) is 69.5 cm³/mol. The Kier molecular flexibility index (Phi) is 4.89. The van der Waals surface area contributed by atoms with Crippen LogP contribution in [0.3, 0.4) is 0 Å². The summed E-state index contributed by atoms with van der Waals surface area (Å²) in [6, 6.07) is 5.48. The Morgan fingerprint density at radius 2 is 1.78 bits per heavy atom. The number of carbonyl (C=O) groups excluding carboxylic acids is 2. The van der Waals surface area contributed by atoms with Crippen LogP contribution in [-0.2, 0) is 9.53 Å². The van der Waals surface area contributed by atoms with Crippen LogP contribution in [0.4, 0.5) is 0 Å². The molecule has 98 valence electrons. The molecule has 0 bridgehead atoms. The Balaban J connectivity index is 2.73.